The number of rotatable bonds is 6. The molecule has 2 heteroatoms. The van der Waals surface area contributed by atoms with Crippen molar-refractivity contribution in [2.24, 2.45) is 5.92 Å². The lowest BCUT2D eigenvalue weighted by Gasteiger charge is -2.31. The number of carbonyl (C=O) groups excluding carboxylic acids is 1. The van der Waals surface area contributed by atoms with Crippen molar-refractivity contribution in [1.29, 1.82) is 0 Å². The molecule has 0 radical (unpaired) electrons. The molecule has 1 unspecified atom stereocenters. The van der Waals surface area contributed by atoms with E-state index in [9.17, 15) is 4.79 Å². The fraction of sp³-hybridized carbons (Fsp3) is 0.367. The number of hydrogen-bond acceptors (Lipinski definition) is 2. The highest BCUT2D eigenvalue weighted by Gasteiger charge is 2.27. The molecular formula is C30H34O2. The van der Waals surface area contributed by atoms with Gasteiger partial charge in [-0.05, 0) is 52.6 Å². The summed E-state index contributed by atoms with van der Waals surface area (Å²) in [5, 5.41) is 0. The van der Waals surface area contributed by atoms with E-state index in [1.807, 2.05) is 24.3 Å². The molecule has 0 N–H and O–H groups in total. The molecule has 0 aliphatic heterocycles. The molecule has 4 rings (SSSR count). The summed E-state index contributed by atoms with van der Waals surface area (Å²) in [6.07, 6.45) is 7.15. The van der Waals surface area contributed by atoms with Gasteiger partial charge in [-0.15, -0.1) is 0 Å². The number of aldehydes is 1. The SMILES string of the molecule is CC(C)(C)c1ccc(-c2ccc(OC(c3ccc(C=O)cc3)C3CCCCC3)cc2)cc1. The maximum Gasteiger partial charge on any atom is 0.150 e. The van der Waals surface area contributed by atoms with Crippen molar-refractivity contribution in [1.82, 2.24) is 0 Å². The van der Waals surface area contributed by atoms with Gasteiger partial charge >= 0.3 is 0 Å². The lowest BCUT2D eigenvalue weighted by atomic mass is 9.82. The van der Waals surface area contributed by atoms with Crippen molar-refractivity contribution in [3.63, 3.8) is 0 Å². The first-order valence-electron chi connectivity index (χ1n) is 11.9. The van der Waals surface area contributed by atoms with Crippen LogP contribution in [0.15, 0.2) is 72.8 Å². The van der Waals surface area contributed by atoms with Crippen LogP contribution in [0.3, 0.4) is 0 Å². The van der Waals surface area contributed by atoms with Crippen molar-refractivity contribution >= 4 is 6.29 Å². The molecule has 0 bridgehead atoms. The van der Waals surface area contributed by atoms with E-state index in [4.69, 9.17) is 4.74 Å². The van der Waals surface area contributed by atoms with Gasteiger partial charge in [-0.2, -0.15) is 0 Å². The van der Waals surface area contributed by atoms with Gasteiger partial charge in [0.2, 0.25) is 0 Å². The normalized spacial score (nSPS) is 15.8. The van der Waals surface area contributed by atoms with E-state index in [0.717, 1.165) is 17.6 Å². The maximum atomic E-state index is 11.1. The van der Waals surface area contributed by atoms with Crippen LogP contribution >= 0.6 is 0 Å². The van der Waals surface area contributed by atoms with Gasteiger partial charge in [0.05, 0.1) is 0 Å². The van der Waals surface area contributed by atoms with Gasteiger partial charge in [-0.25, -0.2) is 0 Å². The Bertz CT molecular complexity index is 1000. The van der Waals surface area contributed by atoms with E-state index in [2.05, 4.69) is 69.3 Å². The van der Waals surface area contributed by atoms with Crippen LogP contribution in [0.5, 0.6) is 5.75 Å². The van der Waals surface area contributed by atoms with Crippen molar-refractivity contribution < 1.29 is 9.53 Å². The summed E-state index contributed by atoms with van der Waals surface area (Å²) in [5.74, 6) is 1.41. The van der Waals surface area contributed by atoms with Crippen LogP contribution in [0, 0.1) is 5.92 Å². The summed E-state index contributed by atoms with van der Waals surface area (Å²) in [5.41, 5.74) is 5.79. The van der Waals surface area contributed by atoms with Gasteiger partial charge < -0.3 is 4.74 Å². The highest BCUT2D eigenvalue weighted by atomic mass is 16.5. The molecule has 0 spiro atoms. The fourth-order valence-corrected chi connectivity index (χ4v) is 4.67. The number of benzene rings is 3. The third-order valence-corrected chi connectivity index (χ3v) is 6.68. The highest BCUT2D eigenvalue weighted by molar-refractivity contribution is 5.74. The highest BCUT2D eigenvalue weighted by Crippen LogP contribution is 2.38. The Morgan fingerprint density at radius 2 is 1.34 bits per heavy atom. The minimum atomic E-state index is 0.0212. The second kappa shape index (κ2) is 9.73. The average Bonchev–Trinajstić information content (AvgIpc) is 2.83. The predicted octanol–water partition coefficient (Wildman–Crippen LogP) is 8.16. The first-order valence-corrected chi connectivity index (χ1v) is 11.9. The Hall–Kier alpha value is -2.87. The Morgan fingerprint density at radius 1 is 0.781 bits per heavy atom. The van der Waals surface area contributed by atoms with Crippen LogP contribution in [-0.4, -0.2) is 6.29 Å². The lowest BCUT2D eigenvalue weighted by molar-refractivity contribution is 0.108. The van der Waals surface area contributed by atoms with Crippen molar-refractivity contribution in [2.75, 3.05) is 0 Å². The zero-order chi connectivity index (χ0) is 22.6. The van der Waals surface area contributed by atoms with Crippen LogP contribution in [0.2, 0.25) is 0 Å². The van der Waals surface area contributed by atoms with Crippen LogP contribution in [0.25, 0.3) is 11.1 Å². The molecule has 1 saturated carbocycles. The van der Waals surface area contributed by atoms with Gasteiger partial charge in [-0.1, -0.05) is 101 Å². The van der Waals surface area contributed by atoms with E-state index in [1.54, 1.807) is 0 Å². The molecule has 3 aromatic rings. The molecule has 0 aromatic heterocycles. The van der Waals surface area contributed by atoms with Gasteiger partial charge in [0.1, 0.15) is 18.1 Å². The number of carbonyl (C=O) groups is 1. The van der Waals surface area contributed by atoms with Crippen molar-refractivity contribution in [2.45, 2.75) is 64.4 Å². The van der Waals surface area contributed by atoms with E-state index in [-0.39, 0.29) is 11.5 Å². The standard InChI is InChI=1S/C30H34O2/c1-30(2,3)27-17-13-23(14-18-27)24-15-19-28(20-16-24)32-29(25-7-5-4-6-8-25)26-11-9-22(21-31)10-12-26/h9-21,25,29H,4-8H2,1-3H3. The van der Waals surface area contributed by atoms with E-state index in [1.165, 1.54) is 48.8 Å². The first-order chi connectivity index (χ1) is 15.4. The number of ether oxygens (including phenoxy) is 1. The maximum absolute atomic E-state index is 11.1. The molecular weight excluding hydrogens is 392 g/mol. The van der Waals surface area contributed by atoms with Gasteiger partial charge in [0, 0.05) is 11.5 Å². The third kappa shape index (κ3) is 5.30. The largest absolute Gasteiger partial charge is 0.485 e. The van der Waals surface area contributed by atoms with Gasteiger partial charge in [-0.3, -0.25) is 4.79 Å². The quantitative estimate of drug-likeness (QED) is 0.372. The summed E-state index contributed by atoms with van der Waals surface area (Å²) in [6, 6.07) is 25.2. The summed E-state index contributed by atoms with van der Waals surface area (Å²) in [7, 11) is 0. The fourth-order valence-electron chi connectivity index (χ4n) is 4.67. The third-order valence-electron chi connectivity index (χ3n) is 6.68. The molecule has 166 valence electrons. The summed E-state index contributed by atoms with van der Waals surface area (Å²) in [6.45, 7) is 6.72. The first kappa shape index (κ1) is 22.3. The van der Waals surface area contributed by atoms with Crippen molar-refractivity contribution in [3.05, 3.63) is 89.5 Å². The molecule has 1 aliphatic rings. The minimum absolute atomic E-state index is 0.0212. The molecule has 1 fully saturated rings. The molecule has 0 saturated heterocycles. The van der Waals surface area contributed by atoms with Crippen LogP contribution in [-0.2, 0) is 5.41 Å². The molecule has 1 atom stereocenters. The van der Waals surface area contributed by atoms with E-state index < -0.39 is 0 Å². The second-order valence-corrected chi connectivity index (χ2v) is 10.1. The average molecular weight is 427 g/mol. The molecule has 0 heterocycles. The Morgan fingerprint density at radius 3 is 1.88 bits per heavy atom. The van der Waals surface area contributed by atoms with E-state index in [0.29, 0.717) is 11.5 Å². The second-order valence-electron chi connectivity index (χ2n) is 10.1. The molecule has 3 aromatic carbocycles. The van der Waals surface area contributed by atoms with Gasteiger partial charge in [0.25, 0.3) is 0 Å². The lowest BCUT2D eigenvalue weighted by Crippen LogP contribution is -2.21. The summed E-state index contributed by atoms with van der Waals surface area (Å²) < 4.78 is 6.58. The van der Waals surface area contributed by atoms with Crippen LogP contribution in [0.1, 0.15) is 80.5 Å². The molecule has 1 aliphatic carbocycles. The van der Waals surface area contributed by atoms with Gasteiger partial charge in [0.15, 0.2) is 0 Å². The molecule has 0 amide bonds. The van der Waals surface area contributed by atoms with E-state index >= 15 is 0 Å². The van der Waals surface area contributed by atoms with Crippen LogP contribution < -0.4 is 4.74 Å². The topological polar surface area (TPSA) is 26.3 Å². The Balaban J connectivity index is 1.53. The minimum Gasteiger partial charge on any atom is -0.485 e. The summed E-state index contributed by atoms with van der Waals surface area (Å²) >= 11 is 0. The predicted molar refractivity (Wildman–Crippen MR) is 132 cm³/mol. The Labute approximate surface area is 192 Å². The smallest absolute Gasteiger partial charge is 0.150 e. The summed E-state index contributed by atoms with van der Waals surface area (Å²) in [4.78, 5) is 11.1. The zero-order valence-electron chi connectivity index (χ0n) is 19.5. The monoisotopic (exact) mass is 426 g/mol. The zero-order valence-corrected chi connectivity index (χ0v) is 19.5. The molecule has 32 heavy (non-hydrogen) atoms. The molecule has 2 nitrogen and oxygen atoms in total. The van der Waals surface area contributed by atoms with Crippen molar-refractivity contribution in [3.8, 4) is 16.9 Å². The van der Waals surface area contributed by atoms with Crippen LogP contribution in [0.4, 0.5) is 0 Å². The number of hydrogen-bond donors (Lipinski definition) is 0. The Kier molecular flexibility index (Phi) is 6.79.